The van der Waals surface area contributed by atoms with Gasteiger partial charge in [0.25, 0.3) is 5.89 Å². The van der Waals surface area contributed by atoms with Crippen molar-refractivity contribution in [2.24, 2.45) is 0 Å². The van der Waals surface area contributed by atoms with Crippen molar-refractivity contribution in [2.75, 3.05) is 0 Å². The van der Waals surface area contributed by atoms with Gasteiger partial charge < -0.3 is 9.84 Å². The van der Waals surface area contributed by atoms with Gasteiger partial charge in [0.05, 0.1) is 13.0 Å². The van der Waals surface area contributed by atoms with Crippen LogP contribution in [-0.4, -0.2) is 30.6 Å². The number of carbonyl (C=O) groups excluding carboxylic acids is 1. The molecule has 0 radical (unpaired) electrons. The highest BCUT2D eigenvalue weighted by Crippen LogP contribution is 2.38. The molecule has 3 aromatic heterocycles. The lowest BCUT2D eigenvalue weighted by molar-refractivity contribution is -0.120. The summed E-state index contributed by atoms with van der Waals surface area (Å²) in [5.41, 5.74) is 3.59. The predicted molar refractivity (Wildman–Crippen MR) is 105 cm³/mol. The smallest absolute Gasteiger partial charge is 0.258 e. The molecule has 1 amide bonds. The first kappa shape index (κ1) is 17.5. The van der Waals surface area contributed by atoms with E-state index in [-0.39, 0.29) is 5.91 Å². The third kappa shape index (κ3) is 3.61. The van der Waals surface area contributed by atoms with Gasteiger partial charge in [-0.1, -0.05) is 29.4 Å². The van der Waals surface area contributed by atoms with Crippen LogP contribution in [0.3, 0.4) is 0 Å². The maximum absolute atomic E-state index is 12.3. The SMILES string of the molecule is Cc1ccccc1CC(=O)NCc1nnc2cc(-c3nc(C4CC4)no3)ccn12. The molecule has 146 valence electrons. The van der Waals surface area contributed by atoms with Crippen LogP contribution >= 0.6 is 0 Å². The Morgan fingerprint density at radius 1 is 1.24 bits per heavy atom. The molecular weight excluding hydrogens is 368 g/mol. The van der Waals surface area contributed by atoms with Gasteiger partial charge in [0.2, 0.25) is 5.91 Å². The van der Waals surface area contributed by atoms with Crippen LogP contribution in [0, 0.1) is 6.92 Å². The van der Waals surface area contributed by atoms with Crippen LogP contribution in [0.15, 0.2) is 47.1 Å². The van der Waals surface area contributed by atoms with Gasteiger partial charge in [-0.15, -0.1) is 10.2 Å². The van der Waals surface area contributed by atoms with Crippen molar-refractivity contribution < 1.29 is 9.32 Å². The third-order valence-electron chi connectivity index (χ3n) is 5.17. The Morgan fingerprint density at radius 2 is 2.10 bits per heavy atom. The molecule has 29 heavy (non-hydrogen) atoms. The molecule has 1 aliphatic carbocycles. The summed E-state index contributed by atoms with van der Waals surface area (Å²) in [4.78, 5) is 16.8. The van der Waals surface area contributed by atoms with E-state index in [1.807, 2.05) is 53.9 Å². The summed E-state index contributed by atoms with van der Waals surface area (Å²) in [5, 5.41) is 15.4. The summed E-state index contributed by atoms with van der Waals surface area (Å²) in [7, 11) is 0. The average molecular weight is 388 g/mol. The number of nitrogens with zero attached hydrogens (tertiary/aromatic N) is 5. The zero-order valence-electron chi connectivity index (χ0n) is 16.0. The van der Waals surface area contributed by atoms with Crippen LogP contribution in [0.25, 0.3) is 17.1 Å². The Hall–Kier alpha value is -3.55. The molecule has 0 saturated heterocycles. The second-order valence-corrected chi connectivity index (χ2v) is 7.37. The number of benzene rings is 1. The number of fused-ring (bicyclic) bond motifs is 1. The molecule has 0 unspecified atom stereocenters. The molecular formula is C21H20N6O2. The first-order valence-corrected chi connectivity index (χ1v) is 9.66. The van der Waals surface area contributed by atoms with E-state index in [4.69, 9.17) is 4.52 Å². The van der Waals surface area contributed by atoms with E-state index < -0.39 is 0 Å². The van der Waals surface area contributed by atoms with Crippen molar-refractivity contribution in [3.63, 3.8) is 0 Å². The van der Waals surface area contributed by atoms with Gasteiger partial charge in [-0.05, 0) is 43.0 Å². The number of aryl methyl sites for hydroxylation is 1. The molecule has 3 heterocycles. The van der Waals surface area contributed by atoms with Crippen molar-refractivity contribution in [3.8, 4) is 11.5 Å². The van der Waals surface area contributed by atoms with Gasteiger partial charge in [-0.25, -0.2) is 0 Å². The molecule has 0 bridgehead atoms. The number of carbonyl (C=O) groups is 1. The maximum atomic E-state index is 12.3. The van der Waals surface area contributed by atoms with Crippen LogP contribution < -0.4 is 5.32 Å². The normalized spacial score (nSPS) is 13.7. The summed E-state index contributed by atoms with van der Waals surface area (Å²) in [6, 6.07) is 11.6. The van der Waals surface area contributed by atoms with E-state index in [0.717, 1.165) is 35.4 Å². The lowest BCUT2D eigenvalue weighted by Crippen LogP contribution is -2.25. The molecule has 1 aliphatic rings. The summed E-state index contributed by atoms with van der Waals surface area (Å²) >= 11 is 0. The van der Waals surface area contributed by atoms with Crippen LogP contribution in [0.1, 0.15) is 41.5 Å². The number of amides is 1. The zero-order valence-corrected chi connectivity index (χ0v) is 16.0. The molecule has 1 saturated carbocycles. The van der Waals surface area contributed by atoms with E-state index in [2.05, 4.69) is 25.7 Å². The highest BCUT2D eigenvalue weighted by Gasteiger charge is 2.29. The molecule has 1 aromatic carbocycles. The van der Waals surface area contributed by atoms with E-state index in [1.54, 1.807) is 0 Å². The lowest BCUT2D eigenvalue weighted by Gasteiger charge is -2.07. The van der Waals surface area contributed by atoms with Crippen LogP contribution in [0.4, 0.5) is 0 Å². The highest BCUT2D eigenvalue weighted by atomic mass is 16.5. The number of pyridine rings is 1. The predicted octanol–water partition coefficient (Wildman–Crippen LogP) is 2.82. The zero-order chi connectivity index (χ0) is 19.8. The first-order valence-electron chi connectivity index (χ1n) is 9.66. The minimum Gasteiger partial charge on any atom is -0.348 e. The minimum atomic E-state index is -0.0499. The molecule has 0 spiro atoms. The molecule has 8 heteroatoms. The van der Waals surface area contributed by atoms with Gasteiger partial charge in [-0.2, -0.15) is 4.98 Å². The monoisotopic (exact) mass is 388 g/mol. The Balaban J connectivity index is 1.28. The van der Waals surface area contributed by atoms with Gasteiger partial charge in [-0.3, -0.25) is 9.20 Å². The third-order valence-corrected chi connectivity index (χ3v) is 5.17. The number of hydrogen-bond acceptors (Lipinski definition) is 6. The molecule has 1 fully saturated rings. The van der Waals surface area contributed by atoms with Crippen molar-refractivity contribution in [1.29, 1.82) is 0 Å². The Labute approximate surface area is 167 Å². The number of nitrogens with one attached hydrogen (secondary N) is 1. The van der Waals surface area contributed by atoms with Crippen LogP contribution in [-0.2, 0) is 17.8 Å². The van der Waals surface area contributed by atoms with E-state index in [0.29, 0.717) is 36.2 Å². The molecule has 0 atom stereocenters. The second kappa shape index (κ2) is 7.12. The quantitative estimate of drug-likeness (QED) is 0.545. The fraction of sp³-hybridized carbons (Fsp3) is 0.286. The topological polar surface area (TPSA) is 98.2 Å². The Bertz CT molecular complexity index is 1190. The van der Waals surface area contributed by atoms with E-state index in [9.17, 15) is 4.79 Å². The summed E-state index contributed by atoms with van der Waals surface area (Å²) < 4.78 is 7.22. The van der Waals surface area contributed by atoms with Crippen molar-refractivity contribution >= 4 is 11.6 Å². The molecule has 0 aliphatic heterocycles. The van der Waals surface area contributed by atoms with Gasteiger partial charge >= 0.3 is 0 Å². The average Bonchev–Trinajstić information content (AvgIpc) is 3.32. The fourth-order valence-electron chi connectivity index (χ4n) is 3.27. The first-order chi connectivity index (χ1) is 14.2. The van der Waals surface area contributed by atoms with Crippen LogP contribution in [0.2, 0.25) is 0 Å². The molecule has 1 N–H and O–H groups in total. The van der Waals surface area contributed by atoms with Crippen molar-refractivity contribution in [1.82, 2.24) is 30.1 Å². The van der Waals surface area contributed by atoms with Gasteiger partial charge in [0, 0.05) is 17.7 Å². The second-order valence-electron chi connectivity index (χ2n) is 7.37. The molecule has 4 aromatic rings. The largest absolute Gasteiger partial charge is 0.348 e. The number of aromatic nitrogens is 5. The van der Waals surface area contributed by atoms with Crippen LogP contribution in [0.5, 0.6) is 0 Å². The van der Waals surface area contributed by atoms with Gasteiger partial charge in [0.15, 0.2) is 17.3 Å². The summed E-state index contributed by atoms with van der Waals surface area (Å²) in [6.07, 6.45) is 4.45. The van der Waals surface area contributed by atoms with Crippen molar-refractivity contribution in [2.45, 2.75) is 38.6 Å². The van der Waals surface area contributed by atoms with E-state index in [1.165, 1.54) is 0 Å². The highest BCUT2D eigenvalue weighted by molar-refractivity contribution is 5.78. The molecule has 8 nitrogen and oxygen atoms in total. The Kier molecular flexibility index (Phi) is 4.31. The maximum Gasteiger partial charge on any atom is 0.258 e. The number of hydrogen-bond donors (Lipinski definition) is 1. The fourth-order valence-corrected chi connectivity index (χ4v) is 3.27. The van der Waals surface area contributed by atoms with Gasteiger partial charge in [0.1, 0.15) is 0 Å². The summed E-state index contributed by atoms with van der Waals surface area (Å²) in [6.45, 7) is 2.31. The molecule has 5 rings (SSSR count). The summed E-state index contributed by atoms with van der Waals surface area (Å²) in [5.74, 6) is 2.32. The standard InChI is InChI=1S/C21H20N6O2/c1-13-4-2-3-5-15(13)11-19(28)22-12-18-25-24-17-10-16(8-9-27(17)18)21-23-20(26-29-21)14-6-7-14/h2-5,8-10,14H,6-7,11-12H2,1H3,(H,22,28). The minimum absolute atomic E-state index is 0.0499. The Morgan fingerprint density at radius 3 is 2.93 bits per heavy atom. The van der Waals surface area contributed by atoms with Crippen molar-refractivity contribution in [3.05, 3.63) is 65.4 Å². The van der Waals surface area contributed by atoms with E-state index >= 15 is 0 Å². The lowest BCUT2D eigenvalue weighted by atomic mass is 10.1. The number of rotatable bonds is 6.